The number of rotatable bonds is 9. The lowest BCUT2D eigenvalue weighted by Crippen LogP contribution is -2.41. The van der Waals surface area contributed by atoms with E-state index in [0.717, 1.165) is 4.90 Å². The molecule has 1 aliphatic heterocycles. The summed E-state index contributed by atoms with van der Waals surface area (Å²) in [5.74, 6) is -2.32. The van der Waals surface area contributed by atoms with Gasteiger partial charge in [0.15, 0.2) is 6.61 Å². The molecule has 28 heavy (non-hydrogen) atoms. The molecule has 0 spiro atoms. The van der Waals surface area contributed by atoms with Crippen molar-refractivity contribution in [2.24, 2.45) is 0 Å². The fraction of sp³-hybridized carbons (Fsp3) is 0.421. The zero-order valence-electron chi connectivity index (χ0n) is 15.8. The molecule has 0 saturated heterocycles. The normalized spacial score (nSPS) is 12.8. The smallest absolute Gasteiger partial charge is 0.306 e. The second-order valence-electron chi connectivity index (χ2n) is 6.57. The maximum atomic E-state index is 12.2. The van der Waals surface area contributed by atoms with Gasteiger partial charge in [-0.15, -0.1) is 0 Å². The molecule has 9 heteroatoms. The van der Waals surface area contributed by atoms with E-state index in [2.05, 4.69) is 10.6 Å². The van der Waals surface area contributed by atoms with Crippen LogP contribution in [0, 0.1) is 0 Å². The molecule has 1 aliphatic rings. The lowest BCUT2D eigenvalue weighted by molar-refractivity contribution is -0.148. The van der Waals surface area contributed by atoms with Crippen LogP contribution in [-0.2, 0) is 19.1 Å². The number of esters is 1. The number of amides is 4. The standard InChI is InChI=1S/C19H23N3O6/c1-12(2)21-15(23)10-20-16(24)11-28-17(25)8-5-9-22-18(26)13-6-3-4-7-14(13)19(22)27/h3-4,6-7,12H,5,8-11H2,1-2H3,(H,20,24)(H,21,23). The number of hydrogen-bond donors (Lipinski definition) is 2. The van der Waals surface area contributed by atoms with E-state index in [1.54, 1.807) is 38.1 Å². The number of fused-ring (bicyclic) bond motifs is 1. The molecule has 4 amide bonds. The highest BCUT2D eigenvalue weighted by molar-refractivity contribution is 6.21. The van der Waals surface area contributed by atoms with Crippen LogP contribution in [0.15, 0.2) is 24.3 Å². The fourth-order valence-corrected chi connectivity index (χ4v) is 2.64. The van der Waals surface area contributed by atoms with E-state index >= 15 is 0 Å². The summed E-state index contributed by atoms with van der Waals surface area (Å²) in [5.41, 5.74) is 0.710. The van der Waals surface area contributed by atoms with Crippen molar-refractivity contribution in [3.63, 3.8) is 0 Å². The van der Waals surface area contributed by atoms with Crippen molar-refractivity contribution >= 4 is 29.6 Å². The molecule has 0 atom stereocenters. The molecule has 1 aromatic rings. The van der Waals surface area contributed by atoms with Gasteiger partial charge in [0.2, 0.25) is 5.91 Å². The minimum atomic E-state index is -0.626. The lowest BCUT2D eigenvalue weighted by atomic mass is 10.1. The van der Waals surface area contributed by atoms with E-state index in [9.17, 15) is 24.0 Å². The molecule has 2 N–H and O–H groups in total. The molecule has 0 saturated carbocycles. The van der Waals surface area contributed by atoms with Gasteiger partial charge in [0, 0.05) is 19.0 Å². The van der Waals surface area contributed by atoms with Crippen molar-refractivity contribution in [3.05, 3.63) is 35.4 Å². The van der Waals surface area contributed by atoms with Crippen LogP contribution in [0.4, 0.5) is 0 Å². The third-order valence-electron chi connectivity index (χ3n) is 3.90. The minimum absolute atomic E-state index is 0.0376. The Labute approximate surface area is 162 Å². The van der Waals surface area contributed by atoms with Gasteiger partial charge in [0.25, 0.3) is 17.7 Å². The topological polar surface area (TPSA) is 122 Å². The van der Waals surface area contributed by atoms with Gasteiger partial charge in [-0.1, -0.05) is 12.1 Å². The molecule has 1 aromatic carbocycles. The number of ether oxygens (including phenoxy) is 1. The molecule has 0 radical (unpaired) electrons. The summed E-state index contributed by atoms with van der Waals surface area (Å²) in [6.07, 6.45) is 0.178. The third kappa shape index (κ3) is 5.63. The molecular weight excluding hydrogens is 366 g/mol. The molecule has 2 rings (SSSR count). The zero-order valence-corrected chi connectivity index (χ0v) is 15.8. The van der Waals surface area contributed by atoms with Crippen molar-refractivity contribution in [3.8, 4) is 0 Å². The monoisotopic (exact) mass is 389 g/mol. The summed E-state index contributed by atoms with van der Waals surface area (Å²) < 4.78 is 4.83. The van der Waals surface area contributed by atoms with Crippen LogP contribution in [0.3, 0.4) is 0 Å². The Kier molecular flexibility index (Phi) is 7.25. The van der Waals surface area contributed by atoms with Crippen LogP contribution in [0.2, 0.25) is 0 Å². The Morgan fingerprint density at radius 1 is 1.04 bits per heavy atom. The molecular formula is C19H23N3O6. The van der Waals surface area contributed by atoms with Gasteiger partial charge < -0.3 is 15.4 Å². The van der Waals surface area contributed by atoms with E-state index in [-0.39, 0.29) is 49.7 Å². The minimum Gasteiger partial charge on any atom is -0.456 e. The first kappa shape index (κ1) is 21.1. The maximum absolute atomic E-state index is 12.2. The second kappa shape index (κ2) is 9.63. The van der Waals surface area contributed by atoms with Crippen LogP contribution in [0.25, 0.3) is 0 Å². The third-order valence-corrected chi connectivity index (χ3v) is 3.90. The Hall–Kier alpha value is -3.23. The summed E-state index contributed by atoms with van der Waals surface area (Å²) in [7, 11) is 0. The quantitative estimate of drug-likeness (QED) is 0.461. The molecule has 0 aliphatic carbocycles. The Morgan fingerprint density at radius 2 is 1.64 bits per heavy atom. The van der Waals surface area contributed by atoms with Crippen LogP contribution >= 0.6 is 0 Å². The molecule has 0 unspecified atom stereocenters. The van der Waals surface area contributed by atoms with Crippen LogP contribution in [0.5, 0.6) is 0 Å². The first-order chi connectivity index (χ1) is 13.3. The highest BCUT2D eigenvalue weighted by atomic mass is 16.5. The molecule has 0 aromatic heterocycles. The number of carbonyl (C=O) groups excluding carboxylic acids is 5. The largest absolute Gasteiger partial charge is 0.456 e. The first-order valence-corrected chi connectivity index (χ1v) is 8.96. The van der Waals surface area contributed by atoms with E-state index in [1.807, 2.05) is 0 Å². The van der Waals surface area contributed by atoms with E-state index in [4.69, 9.17) is 4.74 Å². The Morgan fingerprint density at radius 3 is 2.21 bits per heavy atom. The maximum Gasteiger partial charge on any atom is 0.306 e. The second-order valence-corrected chi connectivity index (χ2v) is 6.57. The highest BCUT2D eigenvalue weighted by Gasteiger charge is 2.34. The number of nitrogens with one attached hydrogen (secondary N) is 2. The summed E-state index contributed by atoms with van der Waals surface area (Å²) >= 11 is 0. The van der Waals surface area contributed by atoms with Crippen LogP contribution in [-0.4, -0.2) is 60.2 Å². The summed E-state index contributed by atoms with van der Waals surface area (Å²) in [6, 6.07) is 6.50. The van der Waals surface area contributed by atoms with Crippen molar-refractivity contribution in [1.29, 1.82) is 0 Å². The SMILES string of the molecule is CC(C)NC(=O)CNC(=O)COC(=O)CCCN1C(=O)c2ccccc2C1=O. The average Bonchev–Trinajstić information content (AvgIpc) is 2.89. The van der Waals surface area contributed by atoms with Gasteiger partial charge >= 0.3 is 5.97 Å². The van der Waals surface area contributed by atoms with E-state index in [0.29, 0.717) is 11.1 Å². The zero-order chi connectivity index (χ0) is 20.7. The molecule has 9 nitrogen and oxygen atoms in total. The number of carbonyl (C=O) groups is 5. The number of nitrogens with zero attached hydrogens (tertiary/aromatic N) is 1. The highest BCUT2D eigenvalue weighted by Crippen LogP contribution is 2.22. The lowest BCUT2D eigenvalue weighted by Gasteiger charge is -2.13. The van der Waals surface area contributed by atoms with Crippen molar-refractivity contribution < 1.29 is 28.7 Å². The Bertz CT molecular complexity index is 755. The Balaban J connectivity index is 1.66. The van der Waals surface area contributed by atoms with Crippen molar-refractivity contribution in [2.75, 3.05) is 19.7 Å². The van der Waals surface area contributed by atoms with Crippen molar-refractivity contribution in [2.45, 2.75) is 32.7 Å². The number of imide groups is 1. The van der Waals surface area contributed by atoms with Gasteiger partial charge in [-0.05, 0) is 32.4 Å². The van der Waals surface area contributed by atoms with Gasteiger partial charge in [0.05, 0.1) is 17.7 Å². The van der Waals surface area contributed by atoms with Gasteiger partial charge in [-0.3, -0.25) is 28.9 Å². The molecule has 150 valence electrons. The predicted octanol–water partition coefficient (Wildman–Crippen LogP) is 0.247. The van der Waals surface area contributed by atoms with Gasteiger partial charge in [-0.2, -0.15) is 0 Å². The average molecular weight is 389 g/mol. The van der Waals surface area contributed by atoms with Gasteiger partial charge in [0.1, 0.15) is 0 Å². The summed E-state index contributed by atoms with van der Waals surface area (Å²) in [6.45, 7) is 2.98. The number of hydrogen-bond acceptors (Lipinski definition) is 6. The van der Waals surface area contributed by atoms with E-state index < -0.39 is 18.5 Å². The van der Waals surface area contributed by atoms with E-state index in [1.165, 1.54) is 0 Å². The molecule has 0 bridgehead atoms. The first-order valence-electron chi connectivity index (χ1n) is 8.96. The predicted molar refractivity (Wildman–Crippen MR) is 98.3 cm³/mol. The molecule has 0 fully saturated rings. The summed E-state index contributed by atoms with van der Waals surface area (Å²) in [5, 5.41) is 4.95. The summed E-state index contributed by atoms with van der Waals surface area (Å²) in [4.78, 5) is 60.2. The van der Waals surface area contributed by atoms with Crippen LogP contribution in [0.1, 0.15) is 47.4 Å². The fourth-order valence-electron chi connectivity index (χ4n) is 2.64. The van der Waals surface area contributed by atoms with Crippen molar-refractivity contribution in [1.82, 2.24) is 15.5 Å². The molecule has 1 heterocycles. The van der Waals surface area contributed by atoms with Gasteiger partial charge in [-0.25, -0.2) is 0 Å². The number of benzene rings is 1. The van der Waals surface area contributed by atoms with Crippen LogP contribution < -0.4 is 10.6 Å².